The standard InChI is InChI=1S/C23H21F2N3O3/c1-3-31-22(30)19-13-26-28-15(2)14-27(21(29)20(19)28)18-11-9-17(10-12-18)23(24,25)16-7-5-4-6-8-16/h4-13,15H,3,14H2,1-2H3/t15-/m0/s1. The number of amides is 1. The number of hydrogen-bond acceptors (Lipinski definition) is 4. The molecular weight excluding hydrogens is 404 g/mol. The fourth-order valence-corrected chi connectivity index (χ4v) is 3.71. The summed E-state index contributed by atoms with van der Waals surface area (Å²) < 4.78 is 36.2. The van der Waals surface area contributed by atoms with E-state index < -0.39 is 17.8 Å². The zero-order chi connectivity index (χ0) is 22.2. The fraction of sp³-hybridized carbons (Fsp3) is 0.261. The number of esters is 1. The van der Waals surface area contributed by atoms with Crippen LogP contribution in [0.2, 0.25) is 0 Å². The number of alkyl halides is 2. The summed E-state index contributed by atoms with van der Waals surface area (Å²) in [5.74, 6) is -4.21. The number of carbonyl (C=O) groups is 2. The maximum absolute atomic E-state index is 14.8. The Morgan fingerprint density at radius 3 is 2.42 bits per heavy atom. The molecule has 0 saturated carbocycles. The Kier molecular flexibility index (Phi) is 5.31. The zero-order valence-electron chi connectivity index (χ0n) is 17.1. The molecule has 6 nitrogen and oxygen atoms in total. The summed E-state index contributed by atoms with van der Waals surface area (Å²) >= 11 is 0. The SMILES string of the molecule is CCOC(=O)c1cnn2c1C(=O)N(c1ccc(C(F)(F)c3ccccc3)cc1)C[C@@H]2C. The van der Waals surface area contributed by atoms with Gasteiger partial charge in [-0.2, -0.15) is 13.9 Å². The van der Waals surface area contributed by atoms with Crippen molar-refractivity contribution in [1.29, 1.82) is 0 Å². The molecule has 0 saturated heterocycles. The highest BCUT2D eigenvalue weighted by atomic mass is 19.3. The van der Waals surface area contributed by atoms with Crippen LogP contribution in [-0.2, 0) is 10.7 Å². The molecule has 1 aliphatic heterocycles. The predicted octanol–water partition coefficient (Wildman–Crippen LogP) is 4.42. The molecule has 31 heavy (non-hydrogen) atoms. The van der Waals surface area contributed by atoms with Crippen LogP contribution in [-0.4, -0.2) is 34.8 Å². The molecule has 1 aromatic heterocycles. The van der Waals surface area contributed by atoms with Crippen molar-refractivity contribution < 1.29 is 23.1 Å². The number of ether oxygens (including phenoxy) is 1. The molecule has 0 unspecified atom stereocenters. The van der Waals surface area contributed by atoms with Crippen LogP contribution < -0.4 is 4.90 Å². The molecule has 8 heteroatoms. The van der Waals surface area contributed by atoms with E-state index in [2.05, 4.69) is 5.10 Å². The van der Waals surface area contributed by atoms with Gasteiger partial charge in [-0.15, -0.1) is 0 Å². The van der Waals surface area contributed by atoms with Gasteiger partial charge >= 0.3 is 5.97 Å². The second-order valence-electron chi connectivity index (χ2n) is 7.32. The number of halogens is 2. The summed E-state index contributed by atoms with van der Waals surface area (Å²) in [6.45, 7) is 4.01. The Morgan fingerprint density at radius 2 is 1.77 bits per heavy atom. The first kappa shape index (κ1) is 20.7. The molecule has 1 atom stereocenters. The first-order valence-electron chi connectivity index (χ1n) is 9.95. The molecule has 0 bridgehead atoms. The summed E-state index contributed by atoms with van der Waals surface area (Å²) in [7, 11) is 0. The van der Waals surface area contributed by atoms with Crippen LogP contribution in [0.3, 0.4) is 0 Å². The van der Waals surface area contributed by atoms with E-state index in [1.807, 2.05) is 6.92 Å². The van der Waals surface area contributed by atoms with E-state index in [-0.39, 0.29) is 35.0 Å². The molecule has 2 heterocycles. The number of nitrogens with zero attached hydrogens (tertiary/aromatic N) is 3. The van der Waals surface area contributed by atoms with Gasteiger partial charge in [0.2, 0.25) is 0 Å². The molecule has 1 amide bonds. The van der Waals surface area contributed by atoms with Crippen LogP contribution in [0.25, 0.3) is 0 Å². The van der Waals surface area contributed by atoms with Gasteiger partial charge in [-0.05, 0) is 26.0 Å². The van der Waals surface area contributed by atoms with Gasteiger partial charge in [0.25, 0.3) is 11.8 Å². The number of rotatable bonds is 5. The normalized spacial score (nSPS) is 16.2. The molecule has 0 spiro atoms. The van der Waals surface area contributed by atoms with Crippen LogP contribution >= 0.6 is 0 Å². The van der Waals surface area contributed by atoms with Crippen molar-refractivity contribution in [3.8, 4) is 0 Å². The summed E-state index contributed by atoms with van der Waals surface area (Å²) in [5.41, 5.74) is 0.420. The first-order valence-corrected chi connectivity index (χ1v) is 9.95. The number of anilines is 1. The van der Waals surface area contributed by atoms with Crippen LogP contribution in [0, 0.1) is 0 Å². The highest BCUT2D eigenvalue weighted by Crippen LogP contribution is 2.37. The minimum absolute atomic E-state index is 0.0932. The Bertz CT molecular complexity index is 1110. The third-order valence-electron chi connectivity index (χ3n) is 5.28. The van der Waals surface area contributed by atoms with Crippen LogP contribution in [0.4, 0.5) is 14.5 Å². The van der Waals surface area contributed by atoms with Gasteiger partial charge in [0.15, 0.2) is 0 Å². The summed E-state index contributed by atoms with van der Waals surface area (Å²) in [4.78, 5) is 26.9. The minimum atomic E-state index is -3.16. The molecule has 0 radical (unpaired) electrons. The van der Waals surface area contributed by atoms with Gasteiger partial charge in [0, 0.05) is 23.4 Å². The number of carbonyl (C=O) groups excluding carboxylic acids is 2. The minimum Gasteiger partial charge on any atom is -0.462 e. The summed E-state index contributed by atoms with van der Waals surface area (Å²) in [6, 6.07) is 13.0. The molecular formula is C23H21F2N3O3. The van der Waals surface area contributed by atoms with E-state index >= 15 is 0 Å². The monoisotopic (exact) mass is 425 g/mol. The van der Waals surface area contributed by atoms with E-state index in [1.165, 1.54) is 52.2 Å². The lowest BCUT2D eigenvalue weighted by molar-refractivity contribution is 0.0428. The molecule has 3 aromatic rings. The van der Waals surface area contributed by atoms with Gasteiger partial charge in [-0.1, -0.05) is 42.5 Å². The predicted molar refractivity (Wildman–Crippen MR) is 110 cm³/mol. The van der Waals surface area contributed by atoms with Gasteiger partial charge in [-0.3, -0.25) is 9.48 Å². The first-order chi connectivity index (χ1) is 14.8. The van der Waals surface area contributed by atoms with Crippen molar-refractivity contribution in [2.24, 2.45) is 0 Å². The third kappa shape index (κ3) is 3.58. The summed E-state index contributed by atoms with van der Waals surface area (Å²) in [5, 5.41) is 4.17. The van der Waals surface area contributed by atoms with Gasteiger partial charge < -0.3 is 9.64 Å². The number of aromatic nitrogens is 2. The second-order valence-corrected chi connectivity index (χ2v) is 7.32. The Labute approximate surface area is 178 Å². The molecule has 0 aliphatic carbocycles. The van der Waals surface area contributed by atoms with Crippen LogP contribution in [0.15, 0.2) is 60.8 Å². The fourth-order valence-electron chi connectivity index (χ4n) is 3.71. The Morgan fingerprint density at radius 1 is 1.13 bits per heavy atom. The van der Waals surface area contributed by atoms with Gasteiger partial charge in [0.1, 0.15) is 11.3 Å². The van der Waals surface area contributed by atoms with Crippen molar-refractivity contribution in [1.82, 2.24) is 9.78 Å². The van der Waals surface area contributed by atoms with Crippen molar-refractivity contribution in [3.05, 3.63) is 83.2 Å². The van der Waals surface area contributed by atoms with Crippen LogP contribution in [0.5, 0.6) is 0 Å². The quantitative estimate of drug-likeness (QED) is 0.568. The van der Waals surface area contributed by atoms with E-state index in [0.717, 1.165) is 0 Å². The molecule has 0 fully saturated rings. The molecule has 1 aliphatic rings. The summed E-state index contributed by atoms with van der Waals surface area (Å²) in [6.07, 6.45) is 1.33. The van der Waals surface area contributed by atoms with Crippen molar-refractivity contribution in [3.63, 3.8) is 0 Å². The van der Waals surface area contributed by atoms with E-state index in [4.69, 9.17) is 4.74 Å². The maximum Gasteiger partial charge on any atom is 0.342 e. The zero-order valence-corrected chi connectivity index (χ0v) is 17.1. The van der Waals surface area contributed by atoms with Crippen LogP contribution in [0.1, 0.15) is 51.9 Å². The van der Waals surface area contributed by atoms with Crippen molar-refractivity contribution in [2.75, 3.05) is 18.1 Å². The maximum atomic E-state index is 14.8. The largest absolute Gasteiger partial charge is 0.462 e. The average Bonchev–Trinajstić information content (AvgIpc) is 3.23. The topological polar surface area (TPSA) is 64.4 Å². The third-order valence-corrected chi connectivity index (χ3v) is 5.28. The number of fused-ring (bicyclic) bond motifs is 1. The second kappa shape index (κ2) is 7.94. The smallest absolute Gasteiger partial charge is 0.342 e. The lowest BCUT2D eigenvalue weighted by Gasteiger charge is -2.32. The Hall–Kier alpha value is -3.55. The lowest BCUT2D eigenvalue weighted by atomic mass is 10.00. The molecule has 0 N–H and O–H groups in total. The highest BCUT2D eigenvalue weighted by molar-refractivity contribution is 6.11. The van der Waals surface area contributed by atoms with E-state index in [9.17, 15) is 18.4 Å². The lowest BCUT2D eigenvalue weighted by Crippen LogP contribution is -2.43. The average molecular weight is 425 g/mol. The van der Waals surface area contributed by atoms with Gasteiger partial charge in [-0.25, -0.2) is 4.79 Å². The van der Waals surface area contributed by atoms with Gasteiger partial charge in [0.05, 0.1) is 18.8 Å². The Balaban J connectivity index is 1.65. The highest BCUT2D eigenvalue weighted by Gasteiger charge is 2.37. The number of benzene rings is 2. The van der Waals surface area contributed by atoms with E-state index in [1.54, 1.807) is 25.1 Å². The number of hydrogen-bond donors (Lipinski definition) is 0. The molecule has 2 aromatic carbocycles. The van der Waals surface area contributed by atoms with E-state index in [0.29, 0.717) is 12.2 Å². The van der Waals surface area contributed by atoms with Crippen molar-refractivity contribution >= 4 is 17.6 Å². The molecule has 160 valence electrons. The van der Waals surface area contributed by atoms with Crippen molar-refractivity contribution in [2.45, 2.75) is 25.8 Å². The molecule has 4 rings (SSSR count).